The van der Waals surface area contributed by atoms with Crippen LogP contribution in [0.3, 0.4) is 0 Å². The van der Waals surface area contributed by atoms with Crippen molar-refractivity contribution in [1.82, 2.24) is 9.80 Å². The molecule has 0 unspecified atom stereocenters. The van der Waals surface area contributed by atoms with E-state index in [4.69, 9.17) is 4.74 Å². The average molecular weight is 468 g/mol. The number of nitrogens with one attached hydrogen (secondary N) is 1. The minimum absolute atomic E-state index is 0.0329. The molecule has 2 N–H and O–H groups in total. The summed E-state index contributed by atoms with van der Waals surface area (Å²) in [5, 5.41) is 11.4. The highest BCUT2D eigenvalue weighted by molar-refractivity contribution is 7.94. The van der Waals surface area contributed by atoms with Gasteiger partial charge >= 0.3 is 0 Å². The van der Waals surface area contributed by atoms with E-state index in [0.717, 1.165) is 11.3 Å². The second kappa shape index (κ2) is 9.56. The second-order valence-electron chi connectivity index (χ2n) is 8.13. The summed E-state index contributed by atoms with van der Waals surface area (Å²) in [7, 11) is 0.168. The SMILES string of the molecule is C[C@H]1CN([C@@H](C)CO)C(=O)c2cc(NS(=O)(=O)c3cccs3)ccc2O[C@H]1CN(C)C. The number of rotatable bonds is 7. The van der Waals surface area contributed by atoms with Gasteiger partial charge < -0.3 is 19.6 Å². The zero-order chi connectivity index (χ0) is 22.8. The molecule has 8 nitrogen and oxygen atoms in total. The Morgan fingerprint density at radius 3 is 2.71 bits per heavy atom. The van der Waals surface area contributed by atoms with Gasteiger partial charge in [-0.05, 0) is 50.7 Å². The molecule has 0 spiro atoms. The quantitative estimate of drug-likeness (QED) is 0.649. The normalized spacial score (nSPS) is 20.6. The fourth-order valence-corrected chi connectivity index (χ4v) is 5.53. The fraction of sp³-hybridized carbons (Fsp3) is 0.476. The molecule has 0 bridgehead atoms. The number of benzene rings is 1. The molecule has 1 aliphatic rings. The first-order chi connectivity index (χ1) is 14.6. The topological polar surface area (TPSA) is 99.2 Å². The van der Waals surface area contributed by atoms with Gasteiger partial charge in [0.25, 0.3) is 15.9 Å². The lowest BCUT2D eigenvalue weighted by Crippen LogP contribution is -2.49. The zero-order valence-corrected chi connectivity index (χ0v) is 19.7. The van der Waals surface area contributed by atoms with Crippen molar-refractivity contribution in [3.63, 3.8) is 0 Å². The Morgan fingerprint density at radius 2 is 2.10 bits per heavy atom. The molecule has 0 radical (unpaired) electrons. The van der Waals surface area contributed by atoms with Crippen LogP contribution in [0.5, 0.6) is 5.75 Å². The van der Waals surface area contributed by atoms with Crippen molar-refractivity contribution in [3.8, 4) is 5.75 Å². The molecule has 10 heteroatoms. The first-order valence-corrected chi connectivity index (χ1v) is 12.4. The maximum atomic E-state index is 13.4. The molecule has 0 saturated carbocycles. The molecule has 2 aromatic rings. The van der Waals surface area contributed by atoms with Crippen molar-refractivity contribution in [2.45, 2.75) is 30.2 Å². The third-order valence-corrected chi connectivity index (χ3v) is 8.00. The molecule has 31 heavy (non-hydrogen) atoms. The molecule has 2 heterocycles. The van der Waals surface area contributed by atoms with E-state index in [0.29, 0.717) is 18.8 Å². The van der Waals surface area contributed by atoms with E-state index < -0.39 is 10.0 Å². The number of nitrogens with zero attached hydrogens (tertiary/aromatic N) is 2. The van der Waals surface area contributed by atoms with E-state index in [2.05, 4.69) is 4.72 Å². The monoisotopic (exact) mass is 467 g/mol. The predicted molar refractivity (Wildman–Crippen MR) is 121 cm³/mol. The molecule has 3 atom stereocenters. The van der Waals surface area contributed by atoms with Gasteiger partial charge in [0, 0.05) is 24.7 Å². The number of aliphatic hydroxyl groups excluding tert-OH is 1. The Kier molecular flexibility index (Phi) is 7.25. The highest BCUT2D eigenvalue weighted by Crippen LogP contribution is 2.31. The highest BCUT2D eigenvalue weighted by atomic mass is 32.2. The van der Waals surface area contributed by atoms with Crippen molar-refractivity contribution >= 4 is 33.0 Å². The number of aliphatic hydroxyl groups is 1. The average Bonchev–Trinajstić information content (AvgIpc) is 3.26. The molecule has 0 saturated heterocycles. The smallest absolute Gasteiger partial charge is 0.271 e. The number of carbonyl (C=O) groups is 1. The van der Waals surface area contributed by atoms with Gasteiger partial charge in [-0.1, -0.05) is 13.0 Å². The molecular formula is C21H29N3O5S2. The van der Waals surface area contributed by atoms with E-state index in [1.165, 1.54) is 12.1 Å². The van der Waals surface area contributed by atoms with Gasteiger partial charge in [-0.25, -0.2) is 8.42 Å². The van der Waals surface area contributed by atoms with Gasteiger partial charge in [0.2, 0.25) is 0 Å². The lowest BCUT2D eigenvalue weighted by molar-refractivity contribution is 0.0363. The van der Waals surface area contributed by atoms with Crippen LogP contribution in [0.4, 0.5) is 5.69 Å². The number of hydrogen-bond acceptors (Lipinski definition) is 7. The van der Waals surface area contributed by atoms with Crippen LogP contribution >= 0.6 is 11.3 Å². The van der Waals surface area contributed by atoms with Crippen LogP contribution in [0.2, 0.25) is 0 Å². The number of amides is 1. The number of fused-ring (bicyclic) bond motifs is 1. The summed E-state index contributed by atoms with van der Waals surface area (Å²) in [4.78, 5) is 17.0. The van der Waals surface area contributed by atoms with E-state index in [9.17, 15) is 18.3 Å². The summed E-state index contributed by atoms with van der Waals surface area (Å²) in [5.41, 5.74) is 0.542. The largest absolute Gasteiger partial charge is 0.488 e. The lowest BCUT2D eigenvalue weighted by Gasteiger charge is -2.37. The van der Waals surface area contributed by atoms with Crippen LogP contribution in [-0.4, -0.2) is 75.2 Å². The third kappa shape index (κ3) is 5.38. The number of hydrogen-bond donors (Lipinski definition) is 2. The summed E-state index contributed by atoms with van der Waals surface area (Å²) >= 11 is 1.12. The number of likely N-dealkylation sites (N-methyl/N-ethyl adjacent to an activating group) is 1. The number of thiophene rings is 1. The molecule has 1 aromatic carbocycles. The van der Waals surface area contributed by atoms with E-state index >= 15 is 0 Å². The van der Waals surface area contributed by atoms with E-state index in [1.54, 1.807) is 35.4 Å². The molecular weight excluding hydrogens is 438 g/mol. The van der Waals surface area contributed by atoms with E-state index in [1.807, 2.05) is 25.9 Å². The highest BCUT2D eigenvalue weighted by Gasteiger charge is 2.33. The Balaban J connectivity index is 2.00. The van der Waals surface area contributed by atoms with Crippen LogP contribution in [-0.2, 0) is 10.0 Å². The van der Waals surface area contributed by atoms with Crippen LogP contribution in [0, 0.1) is 5.92 Å². The Hall–Kier alpha value is -2.14. The Labute approximate surface area is 187 Å². The van der Waals surface area contributed by atoms with Crippen LogP contribution < -0.4 is 9.46 Å². The molecule has 0 fully saturated rings. The molecule has 1 amide bonds. The number of sulfonamides is 1. The predicted octanol–water partition coefficient (Wildman–Crippen LogP) is 2.33. The molecule has 170 valence electrons. The Bertz CT molecular complexity index is 1010. The maximum Gasteiger partial charge on any atom is 0.271 e. The minimum Gasteiger partial charge on any atom is -0.488 e. The van der Waals surface area contributed by atoms with Gasteiger partial charge in [-0.2, -0.15) is 0 Å². The lowest BCUT2D eigenvalue weighted by atomic mass is 9.99. The number of anilines is 1. The zero-order valence-electron chi connectivity index (χ0n) is 18.1. The number of carbonyl (C=O) groups excluding carboxylic acids is 1. The summed E-state index contributed by atoms with van der Waals surface area (Å²) in [6.45, 7) is 4.72. The van der Waals surface area contributed by atoms with Crippen LogP contribution in [0.15, 0.2) is 39.9 Å². The molecule has 1 aliphatic heterocycles. The first kappa shape index (κ1) is 23.5. The summed E-state index contributed by atoms with van der Waals surface area (Å²) in [5.74, 6) is 0.131. The van der Waals surface area contributed by atoms with Gasteiger partial charge in [-0.3, -0.25) is 9.52 Å². The van der Waals surface area contributed by atoms with Crippen molar-refractivity contribution in [1.29, 1.82) is 0 Å². The Morgan fingerprint density at radius 1 is 1.35 bits per heavy atom. The summed E-state index contributed by atoms with van der Waals surface area (Å²) in [6.07, 6.45) is -0.177. The van der Waals surface area contributed by atoms with Gasteiger partial charge in [0.15, 0.2) is 0 Å². The van der Waals surface area contributed by atoms with Crippen molar-refractivity contribution < 1.29 is 23.1 Å². The van der Waals surface area contributed by atoms with Crippen molar-refractivity contribution in [3.05, 3.63) is 41.3 Å². The standard InChI is InChI=1S/C21H29N3O5S2/c1-14-11-24(15(2)13-25)21(26)17-10-16(22-31(27,28)20-6-5-9-30-20)7-8-18(17)29-19(14)12-23(3)4/h5-10,14-15,19,22,25H,11-13H2,1-4H3/t14-,15-,19-/m0/s1. The van der Waals surface area contributed by atoms with Crippen LogP contribution in [0.1, 0.15) is 24.2 Å². The first-order valence-electron chi connectivity index (χ1n) is 10.1. The van der Waals surface area contributed by atoms with Gasteiger partial charge in [0.05, 0.1) is 18.2 Å². The minimum atomic E-state index is -3.74. The number of ether oxygens (including phenoxy) is 1. The fourth-order valence-electron chi connectivity index (χ4n) is 3.49. The van der Waals surface area contributed by atoms with Crippen molar-refractivity contribution in [2.24, 2.45) is 5.92 Å². The molecule has 3 rings (SSSR count). The van der Waals surface area contributed by atoms with Gasteiger partial charge in [-0.15, -0.1) is 11.3 Å². The second-order valence-corrected chi connectivity index (χ2v) is 11.0. The third-order valence-electron chi connectivity index (χ3n) is 5.22. The van der Waals surface area contributed by atoms with E-state index in [-0.39, 0.29) is 46.0 Å². The van der Waals surface area contributed by atoms with Gasteiger partial charge in [0.1, 0.15) is 16.1 Å². The maximum absolute atomic E-state index is 13.4. The van der Waals surface area contributed by atoms with Crippen molar-refractivity contribution in [2.75, 3.05) is 38.5 Å². The summed E-state index contributed by atoms with van der Waals surface area (Å²) < 4.78 is 34.2. The van der Waals surface area contributed by atoms with Crippen LogP contribution in [0.25, 0.3) is 0 Å². The molecule has 0 aliphatic carbocycles. The summed E-state index contributed by atoms with van der Waals surface area (Å²) in [6, 6.07) is 7.53. The molecule has 1 aromatic heterocycles.